The van der Waals surface area contributed by atoms with Crippen molar-refractivity contribution in [3.63, 3.8) is 0 Å². The van der Waals surface area contributed by atoms with Crippen LogP contribution in [0.15, 0.2) is 36.4 Å². The molecule has 0 amide bonds. The highest BCUT2D eigenvalue weighted by Crippen LogP contribution is 2.23. The molecule has 0 unspecified atom stereocenters. The van der Waals surface area contributed by atoms with E-state index >= 15 is 0 Å². The number of anilines is 1. The van der Waals surface area contributed by atoms with Crippen LogP contribution in [0.4, 0.5) is 5.69 Å². The van der Waals surface area contributed by atoms with Crippen LogP contribution in [0.5, 0.6) is 0 Å². The lowest BCUT2D eigenvalue weighted by Gasteiger charge is -2.22. The maximum atomic E-state index is 11.4. The van der Waals surface area contributed by atoms with Crippen molar-refractivity contribution in [1.29, 1.82) is 0 Å². The van der Waals surface area contributed by atoms with Crippen molar-refractivity contribution < 1.29 is 24.5 Å². The van der Waals surface area contributed by atoms with Gasteiger partial charge in [0.2, 0.25) is 0 Å². The smallest absolute Gasteiger partial charge is 0.335 e. The van der Waals surface area contributed by atoms with Crippen LogP contribution in [0.25, 0.3) is 0 Å². The van der Waals surface area contributed by atoms with Gasteiger partial charge in [0.15, 0.2) is 6.10 Å². The molecule has 3 N–H and O–H groups in total. The molecule has 1 saturated heterocycles. The Hall–Kier alpha value is -2.34. The monoisotopic (exact) mass is 291 g/mol. The molecule has 21 heavy (non-hydrogen) atoms. The average Bonchev–Trinajstić information content (AvgIpc) is 2.80. The number of esters is 1. The first kappa shape index (κ1) is 15.1. The summed E-state index contributed by atoms with van der Waals surface area (Å²) in [6, 6.07) is 5.81. The number of hydrogen-bond acceptors (Lipinski definition) is 5. The number of rotatable bonds is 5. The van der Waals surface area contributed by atoms with E-state index in [4.69, 9.17) is 9.84 Å². The topological polar surface area (TPSA) is 95.9 Å². The molecule has 1 heterocycles. The van der Waals surface area contributed by atoms with Crippen LogP contribution in [0.2, 0.25) is 0 Å². The molecule has 6 nitrogen and oxygen atoms in total. The van der Waals surface area contributed by atoms with E-state index in [1.807, 2.05) is 0 Å². The van der Waals surface area contributed by atoms with Gasteiger partial charge in [-0.3, -0.25) is 4.79 Å². The number of aliphatic hydroxyl groups is 1. The minimum absolute atomic E-state index is 0.153. The highest BCUT2D eigenvalue weighted by molar-refractivity contribution is 5.88. The fourth-order valence-corrected chi connectivity index (χ4v) is 2.25. The Morgan fingerprint density at radius 1 is 1.43 bits per heavy atom. The molecular weight excluding hydrogens is 274 g/mol. The molecule has 1 fully saturated rings. The van der Waals surface area contributed by atoms with E-state index in [2.05, 4.69) is 5.32 Å². The number of aliphatic hydroxyl groups excluding tert-OH is 1. The van der Waals surface area contributed by atoms with Crippen LogP contribution >= 0.6 is 0 Å². The number of carboxylic acids is 1. The van der Waals surface area contributed by atoms with Crippen LogP contribution in [0.1, 0.15) is 23.7 Å². The fraction of sp³-hybridized carbons (Fsp3) is 0.333. The Morgan fingerprint density at radius 3 is 2.67 bits per heavy atom. The van der Waals surface area contributed by atoms with Crippen molar-refractivity contribution in [2.75, 3.05) is 5.32 Å². The third kappa shape index (κ3) is 3.61. The van der Waals surface area contributed by atoms with Gasteiger partial charge in [-0.2, -0.15) is 0 Å². The summed E-state index contributed by atoms with van der Waals surface area (Å²) in [5.41, 5.74) is 0.853. The number of ether oxygens (including phenoxy) is 1. The van der Waals surface area contributed by atoms with Crippen molar-refractivity contribution in [2.24, 2.45) is 0 Å². The number of aromatic carboxylic acids is 1. The zero-order chi connectivity index (χ0) is 15.4. The minimum Gasteiger partial charge on any atom is -0.478 e. The van der Waals surface area contributed by atoms with E-state index in [1.54, 1.807) is 31.2 Å². The minimum atomic E-state index is -0.998. The van der Waals surface area contributed by atoms with E-state index in [0.29, 0.717) is 5.69 Å². The molecule has 0 saturated carbocycles. The molecule has 1 aliphatic heterocycles. The summed E-state index contributed by atoms with van der Waals surface area (Å²) in [7, 11) is 0. The maximum absolute atomic E-state index is 11.4. The molecular formula is C15H17NO5. The summed E-state index contributed by atoms with van der Waals surface area (Å²) in [6.07, 6.45) is 1.87. The number of benzene rings is 1. The van der Waals surface area contributed by atoms with Crippen LogP contribution in [0.3, 0.4) is 0 Å². The van der Waals surface area contributed by atoms with Gasteiger partial charge in [-0.1, -0.05) is 12.2 Å². The van der Waals surface area contributed by atoms with Gasteiger partial charge in [0.1, 0.15) is 6.10 Å². The molecule has 2 rings (SSSR count). The molecule has 112 valence electrons. The first-order valence-corrected chi connectivity index (χ1v) is 6.61. The Kier molecular flexibility index (Phi) is 4.59. The molecule has 1 aromatic rings. The Bertz CT molecular complexity index is 552. The summed E-state index contributed by atoms with van der Waals surface area (Å²) in [5, 5.41) is 21.9. The molecule has 0 aliphatic carbocycles. The zero-order valence-corrected chi connectivity index (χ0v) is 11.5. The van der Waals surface area contributed by atoms with Crippen LogP contribution < -0.4 is 5.32 Å². The number of carbonyl (C=O) groups excluding carboxylic acids is 1. The van der Waals surface area contributed by atoms with Crippen molar-refractivity contribution in [1.82, 2.24) is 0 Å². The molecule has 0 spiro atoms. The predicted octanol–water partition coefficient (Wildman–Crippen LogP) is 1.42. The molecule has 0 aromatic heterocycles. The van der Waals surface area contributed by atoms with Gasteiger partial charge in [0, 0.05) is 5.69 Å². The Balaban J connectivity index is 2.09. The third-order valence-corrected chi connectivity index (χ3v) is 3.26. The lowest BCUT2D eigenvalue weighted by molar-refractivity contribution is -0.144. The first-order chi connectivity index (χ1) is 10.0. The lowest BCUT2D eigenvalue weighted by atomic mass is 10.0. The van der Waals surface area contributed by atoms with Gasteiger partial charge < -0.3 is 20.3 Å². The van der Waals surface area contributed by atoms with Crippen molar-refractivity contribution in [3.05, 3.63) is 42.0 Å². The quantitative estimate of drug-likeness (QED) is 0.561. The summed E-state index contributed by atoms with van der Waals surface area (Å²) in [4.78, 5) is 22.2. The number of carboxylic acid groups (broad SMARTS) is 1. The van der Waals surface area contributed by atoms with Crippen LogP contribution in [-0.2, 0) is 9.53 Å². The Morgan fingerprint density at radius 2 is 2.10 bits per heavy atom. The van der Waals surface area contributed by atoms with Crippen LogP contribution in [0, 0.1) is 0 Å². The number of nitrogens with one attached hydrogen (secondary N) is 1. The molecule has 3 atom stereocenters. The second-order valence-electron chi connectivity index (χ2n) is 4.81. The molecule has 1 aromatic carbocycles. The van der Waals surface area contributed by atoms with Crippen LogP contribution in [-0.4, -0.2) is 40.4 Å². The van der Waals surface area contributed by atoms with Crippen molar-refractivity contribution in [3.8, 4) is 0 Å². The summed E-state index contributed by atoms with van der Waals surface area (Å²) >= 11 is 0. The summed E-state index contributed by atoms with van der Waals surface area (Å²) in [5.74, 6) is -1.37. The van der Waals surface area contributed by atoms with Gasteiger partial charge in [-0.25, -0.2) is 4.79 Å². The third-order valence-electron chi connectivity index (χ3n) is 3.26. The molecule has 6 heteroatoms. The second-order valence-corrected chi connectivity index (χ2v) is 4.81. The largest absolute Gasteiger partial charge is 0.478 e. The highest BCUT2D eigenvalue weighted by Gasteiger charge is 2.38. The molecule has 1 aliphatic rings. The van der Waals surface area contributed by atoms with Crippen molar-refractivity contribution >= 4 is 17.6 Å². The summed E-state index contributed by atoms with van der Waals surface area (Å²) < 4.78 is 5.13. The van der Waals surface area contributed by atoms with Crippen molar-refractivity contribution in [2.45, 2.75) is 31.6 Å². The van der Waals surface area contributed by atoms with E-state index in [9.17, 15) is 14.7 Å². The predicted molar refractivity (Wildman–Crippen MR) is 76.1 cm³/mol. The van der Waals surface area contributed by atoms with Gasteiger partial charge in [0.25, 0.3) is 0 Å². The number of cyclic esters (lactones) is 1. The zero-order valence-electron chi connectivity index (χ0n) is 11.5. The number of allylic oxidation sites excluding steroid dienone is 1. The number of carbonyl (C=O) groups is 2. The van der Waals surface area contributed by atoms with Gasteiger partial charge >= 0.3 is 11.9 Å². The average molecular weight is 291 g/mol. The standard InChI is InChI=1S/C15H17NO5/c1-2-3-12(17)14-11(8-13(18)21-14)16-10-6-4-9(5-7-10)15(19)20/h2-7,11-12,14,16-17H,8H2,1H3,(H,19,20)/b3-2+/t11-,12+,14+/m1/s1. The first-order valence-electron chi connectivity index (χ1n) is 6.61. The van der Waals surface area contributed by atoms with Gasteiger partial charge in [0.05, 0.1) is 18.0 Å². The number of hydrogen-bond donors (Lipinski definition) is 3. The second kappa shape index (κ2) is 6.41. The normalized spacial score (nSPS) is 23.0. The van der Waals surface area contributed by atoms with Gasteiger partial charge in [-0.05, 0) is 31.2 Å². The van der Waals surface area contributed by atoms with E-state index in [1.165, 1.54) is 12.1 Å². The lowest BCUT2D eigenvalue weighted by Crippen LogP contribution is -2.38. The van der Waals surface area contributed by atoms with E-state index in [-0.39, 0.29) is 24.0 Å². The fourth-order valence-electron chi connectivity index (χ4n) is 2.25. The molecule has 0 bridgehead atoms. The highest BCUT2D eigenvalue weighted by atomic mass is 16.6. The van der Waals surface area contributed by atoms with E-state index < -0.39 is 18.2 Å². The maximum Gasteiger partial charge on any atom is 0.335 e. The summed E-state index contributed by atoms with van der Waals surface area (Å²) in [6.45, 7) is 1.77. The SMILES string of the molecule is C/C=C/[C@H](O)[C@H]1OC(=O)C[C@H]1Nc1ccc(C(=O)O)cc1. The Labute approximate surface area is 122 Å². The van der Waals surface area contributed by atoms with E-state index in [0.717, 1.165) is 0 Å². The van der Waals surface area contributed by atoms with Gasteiger partial charge in [-0.15, -0.1) is 0 Å². The molecule has 0 radical (unpaired) electrons.